The fourth-order valence-electron chi connectivity index (χ4n) is 2.28. The van der Waals surface area contributed by atoms with Crippen LogP contribution in [0.5, 0.6) is 0 Å². The van der Waals surface area contributed by atoms with Gasteiger partial charge >= 0.3 is 5.97 Å². The summed E-state index contributed by atoms with van der Waals surface area (Å²) in [6.45, 7) is -0.343. The average Bonchev–Trinajstić information content (AvgIpc) is 2.51. The largest absolute Gasteiger partial charge is 0.468 e. The summed E-state index contributed by atoms with van der Waals surface area (Å²) in [6.07, 6.45) is 0. The molecule has 2 aromatic rings. The molecule has 3 nitrogen and oxygen atoms in total. The van der Waals surface area contributed by atoms with E-state index in [9.17, 15) is 9.90 Å². The number of esters is 1. The van der Waals surface area contributed by atoms with E-state index < -0.39 is 11.4 Å². The Hall–Kier alpha value is -1.40. The lowest BCUT2D eigenvalue weighted by Crippen LogP contribution is -2.41. The standard InChI is InChI=1S/C16H15IO3/c1-20-15(19)16(11-18,12-5-3-2-4-6-12)13-7-9-14(17)10-8-13/h2-10,18H,11H2,1H3. The van der Waals surface area contributed by atoms with Crippen molar-refractivity contribution in [3.63, 3.8) is 0 Å². The molecule has 0 heterocycles. The number of aliphatic hydroxyl groups is 1. The van der Waals surface area contributed by atoms with E-state index >= 15 is 0 Å². The second-order valence-corrected chi connectivity index (χ2v) is 5.67. The molecule has 0 bridgehead atoms. The zero-order chi connectivity index (χ0) is 14.6. The highest BCUT2D eigenvalue weighted by Crippen LogP contribution is 2.33. The minimum atomic E-state index is -1.18. The van der Waals surface area contributed by atoms with Gasteiger partial charge in [-0.25, -0.2) is 0 Å². The van der Waals surface area contributed by atoms with Crippen molar-refractivity contribution in [1.29, 1.82) is 0 Å². The summed E-state index contributed by atoms with van der Waals surface area (Å²) < 4.78 is 6.01. The predicted octanol–water partition coefficient (Wildman–Crippen LogP) is 2.74. The number of hydrogen-bond donors (Lipinski definition) is 1. The topological polar surface area (TPSA) is 46.5 Å². The maximum Gasteiger partial charge on any atom is 0.323 e. The molecule has 2 aromatic carbocycles. The minimum Gasteiger partial charge on any atom is -0.468 e. The van der Waals surface area contributed by atoms with Crippen LogP contribution in [0.2, 0.25) is 0 Å². The van der Waals surface area contributed by atoms with Gasteiger partial charge in [-0.1, -0.05) is 42.5 Å². The maximum atomic E-state index is 12.4. The van der Waals surface area contributed by atoms with Crippen molar-refractivity contribution in [2.45, 2.75) is 5.41 Å². The number of ether oxygens (including phenoxy) is 1. The molecule has 20 heavy (non-hydrogen) atoms. The molecule has 1 unspecified atom stereocenters. The van der Waals surface area contributed by atoms with Gasteiger partial charge in [0, 0.05) is 3.57 Å². The molecule has 0 fully saturated rings. The van der Waals surface area contributed by atoms with E-state index in [1.165, 1.54) is 7.11 Å². The monoisotopic (exact) mass is 382 g/mol. The molecule has 0 aromatic heterocycles. The Kier molecular flexibility index (Phi) is 4.77. The van der Waals surface area contributed by atoms with Crippen LogP contribution < -0.4 is 0 Å². The molecule has 104 valence electrons. The SMILES string of the molecule is COC(=O)C(CO)(c1ccccc1)c1ccc(I)cc1. The van der Waals surface area contributed by atoms with Crippen molar-refractivity contribution in [1.82, 2.24) is 0 Å². The molecule has 0 aliphatic heterocycles. The van der Waals surface area contributed by atoms with E-state index in [0.717, 1.165) is 14.7 Å². The summed E-state index contributed by atoms with van der Waals surface area (Å²) in [5.74, 6) is -0.465. The Morgan fingerprint density at radius 1 is 1.10 bits per heavy atom. The van der Waals surface area contributed by atoms with E-state index in [1.54, 1.807) is 0 Å². The van der Waals surface area contributed by atoms with E-state index in [4.69, 9.17) is 4.74 Å². The normalized spacial score (nSPS) is 13.6. The summed E-state index contributed by atoms with van der Waals surface area (Å²) in [6, 6.07) is 16.7. The van der Waals surface area contributed by atoms with Gasteiger partial charge in [0.15, 0.2) is 0 Å². The van der Waals surface area contributed by atoms with Crippen molar-refractivity contribution in [2.24, 2.45) is 0 Å². The number of benzene rings is 2. The van der Waals surface area contributed by atoms with Crippen LogP contribution in [0.1, 0.15) is 11.1 Å². The molecule has 4 heteroatoms. The molecule has 0 saturated heterocycles. The number of halogens is 1. The highest BCUT2D eigenvalue weighted by molar-refractivity contribution is 14.1. The highest BCUT2D eigenvalue weighted by Gasteiger charge is 2.42. The van der Waals surface area contributed by atoms with E-state index in [2.05, 4.69) is 22.6 Å². The zero-order valence-corrected chi connectivity index (χ0v) is 13.2. The molecule has 0 spiro atoms. The van der Waals surface area contributed by atoms with Crippen LogP contribution in [0, 0.1) is 3.57 Å². The van der Waals surface area contributed by atoms with Gasteiger partial charge in [-0.2, -0.15) is 0 Å². The molecule has 0 amide bonds. The molecule has 1 atom stereocenters. The summed E-state index contributed by atoms with van der Waals surface area (Å²) in [7, 11) is 1.34. The molecule has 2 rings (SSSR count). The number of hydrogen-bond acceptors (Lipinski definition) is 3. The van der Waals surface area contributed by atoms with Gasteiger partial charge in [-0.15, -0.1) is 0 Å². The summed E-state index contributed by atoms with van der Waals surface area (Å²) >= 11 is 2.20. The van der Waals surface area contributed by atoms with Crippen molar-refractivity contribution in [3.8, 4) is 0 Å². The third-order valence-electron chi connectivity index (χ3n) is 3.37. The quantitative estimate of drug-likeness (QED) is 0.654. The average molecular weight is 382 g/mol. The molecular weight excluding hydrogens is 367 g/mol. The van der Waals surface area contributed by atoms with Crippen molar-refractivity contribution >= 4 is 28.6 Å². The molecule has 0 saturated carbocycles. The van der Waals surface area contributed by atoms with Crippen molar-refractivity contribution in [2.75, 3.05) is 13.7 Å². The third-order valence-corrected chi connectivity index (χ3v) is 4.09. The molecule has 1 N–H and O–H groups in total. The summed E-state index contributed by atoms with van der Waals surface area (Å²) in [4.78, 5) is 12.4. The van der Waals surface area contributed by atoms with Crippen LogP contribution in [-0.4, -0.2) is 24.8 Å². The predicted molar refractivity (Wildman–Crippen MR) is 85.5 cm³/mol. The lowest BCUT2D eigenvalue weighted by molar-refractivity contribution is -0.147. The smallest absolute Gasteiger partial charge is 0.323 e. The van der Waals surface area contributed by atoms with Gasteiger partial charge in [-0.05, 0) is 45.9 Å². The Balaban J connectivity index is 2.65. The fourth-order valence-corrected chi connectivity index (χ4v) is 2.64. The van der Waals surface area contributed by atoms with Gasteiger partial charge in [-0.3, -0.25) is 4.79 Å². The minimum absolute atomic E-state index is 0.343. The van der Waals surface area contributed by atoms with Crippen LogP contribution >= 0.6 is 22.6 Å². The van der Waals surface area contributed by atoms with Crippen LogP contribution in [0.4, 0.5) is 0 Å². The first-order chi connectivity index (χ1) is 9.65. The lowest BCUT2D eigenvalue weighted by atomic mass is 9.75. The fraction of sp³-hybridized carbons (Fsp3) is 0.188. The van der Waals surface area contributed by atoms with Crippen LogP contribution in [0.3, 0.4) is 0 Å². The highest BCUT2D eigenvalue weighted by atomic mass is 127. The van der Waals surface area contributed by atoms with Crippen molar-refractivity contribution in [3.05, 3.63) is 69.3 Å². The van der Waals surface area contributed by atoms with E-state index in [-0.39, 0.29) is 6.61 Å². The number of carbonyl (C=O) groups excluding carboxylic acids is 1. The second kappa shape index (κ2) is 6.37. The lowest BCUT2D eigenvalue weighted by Gasteiger charge is -2.30. The van der Waals surface area contributed by atoms with Crippen LogP contribution in [0.25, 0.3) is 0 Å². The second-order valence-electron chi connectivity index (χ2n) is 4.43. The molecule has 0 radical (unpaired) electrons. The first kappa shape index (κ1) is 15.0. The van der Waals surface area contributed by atoms with Crippen molar-refractivity contribution < 1.29 is 14.6 Å². The molecule has 0 aliphatic carbocycles. The first-order valence-electron chi connectivity index (χ1n) is 6.16. The van der Waals surface area contributed by atoms with Gasteiger partial charge in [0.25, 0.3) is 0 Å². The Bertz CT molecular complexity index is 580. The third kappa shape index (κ3) is 2.58. The van der Waals surface area contributed by atoms with E-state index in [0.29, 0.717) is 0 Å². The first-order valence-corrected chi connectivity index (χ1v) is 7.24. The van der Waals surface area contributed by atoms with Gasteiger partial charge in [0.1, 0.15) is 5.41 Å². The Morgan fingerprint density at radius 2 is 1.65 bits per heavy atom. The zero-order valence-electron chi connectivity index (χ0n) is 11.0. The summed E-state index contributed by atoms with van der Waals surface area (Å²) in [5, 5.41) is 9.95. The molecular formula is C16H15IO3. The Labute approximate surface area is 131 Å². The van der Waals surface area contributed by atoms with Gasteiger partial charge < -0.3 is 9.84 Å². The Morgan fingerprint density at radius 3 is 2.15 bits per heavy atom. The maximum absolute atomic E-state index is 12.4. The number of aliphatic hydroxyl groups excluding tert-OH is 1. The van der Waals surface area contributed by atoms with Crippen LogP contribution in [-0.2, 0) is 14.9 Å². The summed E-state index contributed by atoms with van der Waals surface area (Å²) in [5.41, 5.74) is 0.259. The van der Waals surface area contributed by atoms with Gasteiger partial charge in [0.05, 0.1) is 13.7 Å². The van der Waals surface area contributed by atoms with Gasteiger partial charge in [0.2, 0.25) is 0 Å². The number of methoxy groups -OCH3 is 1. The number of rotatable bonds is 4. The molecule has 0 aliphatic rings. The van der Waals surface area contributed by atoms with Crippen LogP contribution in [0.15, 0.2) is 54.6 Å². The number of carbonyl (C=O) groups is 1. The van der Waals surface area contributed by atoms with E-state index in [1.807, 2.05) is 54.6 Å².